The molecule has 0 radical (unpaired) electrons. The van der Waals surface area contributed by atoms with E-state index in [2.05, 4.69) is 16.2 Å². The zero-order valence-corrected chi connectivity index (χ0v) is 16.5. The van der Waals surface area contributed by atoms with Gasteiger partial charge in [-0.3, -0.25) is 25.2 Å². The first-order valence-corrected chi connectivity index (χ1v) is 9.74. The highest BCUT2D eigenvalue weighted by Crippen LogP contribution is 2.30. The minimum Gasteiger partial charge on any atom is -0.491 e. The molecule has 3 rings (SSSR count). The molecule has 2 aromatic carbocycles. The smallest absolute Gasteiger partial charge is 0.269 e. The van der Waals surface area contributed by atoms with Gasteiger partial charge in [0.1, 0.15) is 5.75 Å². The quantitative estimate of drug-likeness (QED) is 0.627. The minimum absolute atomic E-state index is 0.00834. The fraction of sp³-hybridized carbons (Fsp3) is 0.318. The zero-order chi connectivity index (χ0) is 20.8. The van der Waals surface area contributed by atoms with Crippen molar-refractivity contribution in [1.82, 2.24) is 10.9 Å². The molecule has 1 aliphatic carbocycles. The Bertz CT molecular complexity index is 891. The van der Waals surface area contributed by atoms with E-state index >= 15 is 0 Å². The van der Waals surface area contributed by atoms with Crippen molar-refractivity contribution in [3.8, 4) is 5.75 Å². The first-order chi connectivity index (χ1) is 14.0. The largest absolute Gasteiger partial charge is 0.491 e. The molecule has 0 bridgehead atoms. The Morgan fingerprint density at radius 3 is 2.28 bits per heavy atom. The van der Waals surface area contributed by atoms with E-state index in [1.807, 2.05) is 13.8 Å². The van der Waals surface area contributed by atoms with Gasteiger partial charge in [-0.25, -0.2) is 0 Å². The Labute approximate surface area is 169 Å². The highest BCUT2D eigenvalue weighted by Gasteiger charge is 2.29. The summed E-state index contributed by atoms with van der Waals surface area (Å²) in [5.74, 6) is -0.176. The van der Waals surface area contributed by atoms with Crippen LogP contribution in [-0.4, -0.2) is 23.8 Å². The van der Waals surface area contributed by atoms with E-state index < -0.39 is 11.8 Å². The average molecular weight is 395 g/mol. The number of amides is 3. The monoisotopic (exact) mass is 395 g/mol. The van der Waals surface area contributed by atoms with Crippen molar-refractivity contribution < 1.29 is 19.1 Å². The van der Waals surface area contributed by atoms with Gasteiger partial charge < -0.3 is 10.1 Å². The van der Waals surface area contributed by atoms with Crippen LogP contribution < -0.4 is 20.9 Å². The summed E-state index contributed by atoms with van der Waals surface area (Å²) < 4.78 is 5.71. The van der Waals surface area contributed by atoms with Crippen LogP contribution >= 0.6 is 0 Å². The van der Waals surface area contributed by atoms with Gasteiger partial charge in [-0.2, -0.15) is 0 Å². The number of hydrazine groups is 1. The number of rotatable bonds is 7. The standard InChI is InChI=1S/C22H25N3O4/c1-3-14(2)29-19-6-4-5-17(13-19)22(28)25-24-21(27)16-9-11-18(12-10-16)23-20(26)15-7-8-15/h4-6,9-15H,3,7-8H2,1-2H3,(H,23,26)(H,24,27)(H,25,28). The molecule has 0 heterocycles. The second kappa shape index (κ2) is 9.23. The third kappa shape index (κ3) is 5.81. The van der Waals surface area contributed by atoms with E-state index in [4.69, 9.17) is 4.74 Å². The lowest BCUT2D eigenvalue weighted by molar-refractivity contribution is -0.117. The Hall–Kier alpha value is -3.35. The predicted molar refractivity (Wildman–Crippen MR) is 110 cm³/mol. The second-order valence-corrected chi connectivity index (χ2v) is 7.11. The molecule has 1 unspecified atom stereocenters. The van der Waals surface area contributed by atoms with Crippen LogP contribution in [0.3, 0.4) is 0 Å². The molecule has 3 N–H and O–H groups in total. The van der Waals surface area contributed by atoms with E-state index in [0.717, 1.165) is 19.3 Å². The summed E-state index contributed by atoms with van der Waals surface area (Å²) in [6.45, 7) is 3.97. The van der Waals surface area contributed by atoms with Gasteiger partial charge in [0.25, 0.3) is 11.8 Å². The lowest BCUT2D eigenvalue weighted by Gasteiger charge is -2.13. The van der Waals surface area contributed by atoms with Crippen LogP contribution in [0.25, 0.3) is 0 Å². The maximum Gasteiger partial charge on any atom is 0.269 e. The Kier molecular flexibility index (Phi) is 6.49. The van der Waals surface area contributed by atoms with Gasteiger partial charge in [0.15, 0.2) is 0 Å². The number of nitrogens with one attached hydrogen (secondary N) is 3. The molecule has 152 valence electrons. The number of carbonyl (C=O) groups excluding carboxylic acids is 3. The van der Waals surface area contributed by atoms with Crippen LogP contribution in [0.15, 0.2) is 48.5 Å². The second-order valence-electron chi connectivity index (χ2n) is 7.11. The summed E-state index contributed by atoms with van der Waals surface area (Å²) in [5.41, 5.74) is 6.17. The summed E-state index contributed by atoms with van der Waals surface area (Å²) in [4.78, 5) is 36.3. The number of benzene rings is 2. The first-order valence-electron chi connectivity index (χ1n) is 9.74. The normalized spacial score (nSPS) is 13.9. The Morgan fingerprint density at radius 1 is 1.00 bits per heavy atom. The van der Waals surface area contributed by atoms with Gasteiger partial charge in [-0.1, -0.05) is 13.0 Å². The summed E-state index contributed by atoms with van der Waals surface area (Å²) in [7, 11) is 0. The van der Waals surface area contributed by atoms with Gasteiger partial charge in [-0.05, 0) is 68.7 Å². The topological polar surface area (TPSA) is 96.5 Å². The van der Waals surface area contributed by atoms with Crippen LogP contribution in [0.5, 0.6) is 5.75 Å². The lowest BCUT2D eigenvalue weighted by atomic mass is 10.2. The first kappa shape index (κ1) is 20.4. The molecule has 3 amide bonds. The Balaban J connectivity index is 1.52. The number of hydrogen-bond acceptors (Lipinski definition) is 4. The lowest BCUT2D eigenvalue weighted by Crippen LogP contribution is -2.41. The number of ether oxygens (including phenoxy) is 1. The fourth-order valence-electron chi connectivity index (χ4n) is 2.58. The highest BCUT2D eigenvalue weighted by atomic mass is 16.5. The molecule has 0 spiro atoms. The van der Waals surface area contributed by atoms with Crippen molar-refractivity contribution in [3.63, 3.8) is 0 Å². The van der Waals surface area contributed by atoms with E-state index in [1.54, 1.807) is 48.5 Å². The summed E-state index contributed by atoms with van der Waals surface area (Å²) in [6.07, 6.45) is 2.76. The van der Waals surface area contributed by atoms with E-state index in [1.165, 1.54) is 0 Å². The number of carbonyl (C=O) groups is 3. The number of hydrogen-bond donors (Lipinski definition) is 3. The van der Waals surface area contributed by atoms with Gasteiger partial charge in [0, 0.05) is 22.7 Å². The molecule has 0 saturated heterocycles. The SMILES string of the molecule is CCC(C)Oc1cccc(C(=O)NNC(=O)c2ccc(NC(=O)C3CC3)cc2)c1. The minimum atomic E-state index is -0.453. The number of anilines is 1. The van der Waals surface area contributed by atoms with Gasteiger partial charge in [0.05, 0.1) is 6.10 Å². The van der Waals surface area contributed by atoms with E-state index in [0.29, 0.717) is 22.6 Å². The van der Waals surface area contributed by atoms with Crippen LogP contribution in [0, 0.1) is 5.92 Å². The van der Waals surface area contributed by atoms with Crippen molar-refractivity contribution in [2.75, 3.05) is 5.32 Å². The van der Waals surface area contributed by atoms with Crippen LogP contribution in [-0.2, 0) is 4.79 Å². The summed E-state index contributed by atoms with van der Waals surface area (Å²) in [6, 6.07) is 13.3. The van der Waals surface area contributed by atoms with Crippen LogP contribution in [0.2, 0.25) is 0 Å². The van der Waals surface area contributed by atoms with Crippen molar-refractivity contribution in [2.24, 2.45) is 5.92 Å². The maximum atomic E-state index is 12.3. The molecule has 2 aromatic rings. The molecule has 1 fully saturated rings. The van der Waals surface area contributed by atoms with Crippen molar-refractivity contribution in [3.05, 3.63) is 59.7 Å². The molecular formula is C22H25N3O4. The molecule has 29 heavy (non-hydrogen) atoms. The maximum absolute atomic E-state index is 12.3. The van der Waals surface area contributed by atoms with Crippen LogP contribution in [0.1, 0.15) is 53.8 Å². The highest BCUT2D eigenvalue weighted by molar-refractivity contribution is 6.00. The molecule has 7 heteroatoms. The fourth-order valence-corrected chi connectivity index (χ4v) is 2.58. The predicted octanol–water partition coefficient (Wildman–Crippen LogP) is 3.29. The zero-order valence-electron chi connectivity index (χ0n) is 16.5. The molecule has 1 aliphatic rings. The Morgan fingerprint density at radius 2 is 1.66 bits per heavy atom. The summed E-state index contributed by atoms with van der Waals surface area (Å²) in [5, 5.41) is 2.81. The molecule has 1 atom stereocenters. The van der Waals surface area contributed by atoms with Gasteiger partial charge >= 0.3 is 0 Å². The molecule has 1 saturated carbocycles. The van der Waals surface area contributed by atoms with E-state index in [-0.39, 0.29) is 17.9 Å². The molecule has 7 nitrogen and oxygen atoms in total. The van der Waals surface area contributed by atoms with E-state index in [9.17, 15) is 14.4 Å². The molecular weight excluding hydrogens is 370 g/mol. The van der Waals surface area contributed by atoms with Crippen molar-refractivity contribution in [2.45, 2.75) is 39.2 Å². The average Bonchev–Trinajstić information content (AvgIpc) is 3.58. The van der Waals surface area contributed by atoms with Crippen molar-refractivity contribution in [1.29, 1.82) is 0 Å². The van der Waals surface area contributed by atoms with Gasteiger partial charge in [-0.15, -0.1) is 0 Å². The third-order valence-electron chi connectivity index (χ3n) is 4.66. The van der Waals surface area contributed by atoms with Gasteiger partial charge in [0.2, 0.25) is 5.91 Å². The summed E-state index contributed by atoms with van der Waals surface area (Å²) >= 11 is 0. The molecule has 0 aliphatic heterocycles. The van der Waals surface area contributed by atoms with Crippen molar-refractivity contribution >= 4 is 23.4 Å². The molecule has 0 aromatic heterocycles. The third-order valence-corrected chi connectivity index (χ3v) is 4.66. The van der Waals surface area contributed by atoms with Crippen LogP contribution in [0.4, 0.5) is 5.69 Å².